The van der Waals surface area contributed by atoms with Crippen molar-refractivity contribution in [2.24, 2.45) is 0 Å². The Bertz CT molecular complexity index is 388. The molecular formula is C16H28N2O3S. The smallest absolute Gasteiger partial charge is 0.333 e. The summed E-state index contributed by atoms with van der Waals surface area (Å²) in [5.41, 5.74) is 0.452. The highest BCUT2D eigenvalue weighted by atomic mass is 32.1. The second kappa shape index (κ2) is 10.7. The summed E-state index contributed by atoms with van der Waals surface area (Å²) in [6.45, 7) is 6.51. The minimum absolute atomic E-state index is 0.0785. The molecule has 2 unspecified atom stereocenters. The van der Waals surface area contributed by atoms with E-state index in [-0.39, 0.29) is 11.3 Å². The lowest BCUT2D eigenvalue weighted by Gasteiger charge is -2.32. The maximum absolute atomic E-state index is 11.2. The maximum Gasteiger partial charge on any atom is 0.333 e. The van der Waals surface area contributed by atoms with Crippen LogP contribution in [-0.2, 0) is 9.53 Å². The third-order valence-corrected chi connectivity index (χ3v) is 3.81. The quantitative estimate of drug-likeness (QED) is 0.249. The fraction of sp³-hybridized carbons (Fsp3) is 0.688. The number of esters is 1. The molecule has 0 saturated carbocycles. The van der Waals surface area contributed by atoms with Gasteiger partial charge in [-0.1, -0.05) is 32.3 Å². The van der Waals surface area contributed by atoms with Crippen LogP contribution in [0.25, 0.3) is 0 Å². The Morgan fingerprint density at radius 2 is 1.95 bits per heavy atom. The molecule has 1 rings (SSSR count). The summed E-state index contributed by atoms with van der Waals surface area (Å²) in [5, 5.41) is 12.6. The van der Waals surface area contributed by atoms with Crippen LogP contribution in [0.15, 0.2) is 24.4 Å². The van der Waals surface area contributed by atoms with Crippen molar-refractivity contribution in [1.29, 1.82) is 0 Å². The second-order valence-electron chi connectivity index (χ2n) is 5.60. The van der Waals surface area contributed by atoms with Crippen molar-refractivity contribution in [2.75, 3.05) is 13.2 Å². The molecule has 0 spiro atoms. The summed E-state index contributed by atoms with van der Waals surface area (Å²) in [6.07, 6.45) is 9.62. The second-order valence-corrected chi connectivity index (χ2v) is 6.16. The number of unbranched alkanes of at least 4 members (excludes halogenated alkanes) is 5. The molecule has 1 heterocycles. The number of carbonyl (C=O) groups is 1. The number of nitrogens with one attached hydrogen (secondary N) is 1. The number of thiol groups is 1. The van der Waals surface area contributed by atoms with Crippen molar-refractivity contribution >= 4 is 18.6 Å². The van der Waals surface area contributed by atoms with Crippen LogP contribution in [0.2, 0.25) is 0 Å². The molecule has 0 amide bonds. The van der Waals surface area contributed by atoms with Crippen molar-refractivity contribution in [3.8, 4) is 0 Å². The molecule has 0 fully saturated rings. The van der Waals surface area contributed by atoms with E-state index in [1.807, 2.05) is 17.2 Å². The van der Waals surface area contributed by atoms with Gasteiger partial charge in [0.15, 0.2) is 6.35 Å². The van der Waals surface area contributed by atoms with E-state index < -0.39 is 6.35 Å². The van der Waals surface area contributed by atoms with Crippen LogP contribution < -0.4 is 5.32 Å². The molecule has 22 heavy (non-hydrogen) atoms. The van der Waals surface area contributed by atoms with Crippen LogP contribution in [0, 0.1) is 0 Å². The number of rotatable bonds is 10. The first-order chi connectivity index (χ1) is 10.5. The van der Waals surface area contributed by atoms with E-state index in [9.17, 15) is 9.90 Å². The Balaban J connectivity index is 1.93. The van der Waals surface area contributed by atoms with Gasteiger partial charge in [-0.15, -0.1) is 0 Å². The normalized spacial score (nSPS) is 21.0. The summed E-state index contributed by atoms with van der Waals surface area (Å²) in [4.78, 5) is 13.0. The van der Waals surface area contributed by atoms with Crippen molar-refractivity contribution < 1.29 is 14.6 Å². The molecule has 0 saturated heterocycles. The Morgan fingerprint density at radius 3 is 2.59 bits per heavy atom. The monoisotopic (exact) mass is 328 g/mol. The minimum Gasteiger partial charge on any atom is -0.462 e. The van der Waals surface area contributed by atoms with Crippen molar-refractivity contribution in [3.05, 3.63) is 24.4 Å². The van der Waals surface area contributed by atoms with Gasteiger partial charge < -0.3 is 14.7 Å². The number of nitrogens with zero attached hydrogens (tertiary/aromatic N) is 1. The van der Waals surface area contributed by atoms with E-state index in [0.29, 0.717) is 12.2 Å². The van der Waals surface area contributed by atoms with Gasteiger partial charge >= 0.3 is 5.97 Å². The van der Waals surface area contributed by atoms with Crippen LogP contribution >= 0.6 is 12.6 Å². The van der Waals surface area contributed by atoms with Gasteiger partial charge in [-0.05, 0) is 25.8 Å². The third kappa shape index (κ3) is 7.87. The molecule has 6 heteroatoms. The Morgan fingerprint density at radius 1 is 1.32 bits per heavy atom. The largest absolute Gasteiger partial charge is 0.462 e. The van der Waals surface area contributed by atoms with E-state index in [4.69, 9.17) is 4.74 Å². The summed E-state index contributed by atoms with van der Waals surface area (Å²) in [7, 11) is 0. The average molecular weight is 328 g/mol. The molecule has 0 aromatic rings. The maximum atomic E-state index is 11.2. The molecular weight excluding hydrogens is 300 g/mol. The van der Waals surface area contributed by atoms with Gasteiger partial charge in [0.2, 0.25) is 0 Å². The van der Waals surface area contributed by atoms with E-state index in [2.05, 4.69) is 24.5 Å². The first kappa shape index (κ1) is 19.1. The van der Waals surface area contributed by atoms with Crippen molar-refractivity contribution in [1.82, 2.24) is 10.2 Å². The number of hydrogen-bond acceptors (Lipinski definition) is 6. The number of aliphatic hydroxyl groups excluding tert-OH is 1. The van der Waals surface area contributed by atoms with Crippen LogP contribution in [-0.4, -0.2) is 40.9 Å². The Hall–Kier alpha value is -0.980. The minimum atomic E-state index is -0.643. The molecule has 0 aliphatic carbocycles. The zero-order valence-corrected chi connectivity index (χ0v) is 14.2. The number of carbonyl (C=O) groups excluding carboxylic acids is 1. The molecule has 0 bridgehead atoms. The first-order valence-electron chi connectivity index (χ1n) is 7.89. The molecule has 2 N–H and O–H groups in total. The lowest BCUT2D eigenvalue weighted by molar-refractivity contribution is -0.139. The SMILES string of the molecule is C=C(C)C(=O)OCCCCCCCCN1C=CC(S)NC1O. The highest BCUT2D eigenvalue weighted by molar-refractivity contribution is 7.81. The van der Waals surface area contributed by atoms with Gasteiger partial charge in [0.1, 0.15) is 0 Å². The fourth-order valence-corrected chi connectivity index (χ4v) is 2.38. The van der Waals surface area contributed by atoms with Gasteiger partial charge in [0.05, 0.1) is 12.0 Å². The van der Waals surface area contributed by atoms with Crippen LogP contribution in [0.5, 0.6) is 0 Å². The fourth-order valence-electron chi connectivity index (χ4n) is 2.17. The highest BCUT2D eigenvalue weighted by Gasteiger charge is 2.17. The zero-order chi connectivity index (χ0) is 16.4. The lowest BCUT2D eigenvalue weighted by atomic mass is 10.1. The molecule has 0 aromatic carbocycles. The van der Waals surface area contributed by atoms with Crippen LogP contribution in [0.1, 0.15) is 45.4 Å². The number of hydrogen-bond donors (Lipinski definition) is 3. The third-order valence-electron chi connectivity index (χ3n) is 3.49. The van der Waals surface area contributed by atoms with Gasteiger partial charge in [-0.2, -0.15) is 12.6 Å². The van der Waals surface area contributed by atoms with E-state index in [1.54, 1.807) is 6.92 Å². The lowest BCUT2D eigenvalue weighted by Crippen LogP contribution is -2.48. The Kier molecular flexibility index (Phi) is 9.27. The topological polar surface area (TPSA) is 61.8 Å². The van der Waals surface area contributed by atoms with E-state index in [0.717, 1.165) is 45.1 Å². The average Bonchev–Trinajstić information content (AvgIpc) is 2.47. The van der Waals surface area contributed by atoms with Gasteiger partial charge in [0, 0.05) is 18.3 Å². The molecule has 2 atom stereocenters. The van der Waals surface area contributed by atoms with E-state index >= 15 is 0 Å². The van der Waals surface area contributed by atoms with Crippen molar-refractivity contribution in [3.63, 3.8) is 0 Å². The summed E-state index contributed by atoms with van der Waals surface area (Å²) in [6, 6.07) is 0. The number of aliphatic hydroxyl groups is 1. The van der Waals surface area contributed by atoms with Gasteiger partial charge in [-0.25, -0.2) is 4.79 Å². The molecule has 1 aliphatic rings. The number of ether oxygens (including phenoxy) is 1. The van der Waals surface area contributed by atoms with Crippen LogP contribution in [0.4, 0.5) is 0 Å². The molecule has 0 radical (unpaired) electrons. The standard InChI is InChI=1S/C16H28N2O3S/c1-13(2)15(19)21-12-8-6-4-3-5-7-10-18-11-9-14(22)17-16(18)20/h9,11,14,16-17,20,22H,1,3-8,10,12H2,2H3. The summed E-state index contributed by atoms with van der Waals surface area (Å²) < 4.78 is 5.04. The molecule has 0 aromatic heterocycles. The van der Waals surface area contributed by atoms with Crippen LogP contribution in [0.3, 0.4) is 0 Å². The van der Waals surface area contributed by atoms with E-state index in [1.165, 1.54) is 0 Å². The molecule has 5 nitrogen and oxygen atoms in total. The van der Waals surface area contributed by atoms with Gasteiger partial charge in [0.25, 0.3) is 0 Å². The zero-order valence-electron chi connectivity index (χ0n) is 13.3. The summed E-state index contributed by atoms with van der Waals surface area (Å²) >= 11 is 4.23. The predicted octanol–water partition coefficient (Wildman–Crippen LogP) is 2.40. The summed E-state index contributed by atoms with van der Waals surface area (Å²) in [5.74, 6) is -0.301. The Labute approximate surface area is 138 Å². The first-order valence-corrected chi connectivity index (χ1v) is 8.41. The van der Waals surface area contributed by atoms with Gasteiger partial charge in [-0.3, -0.25) is 5.32 Å². The molecule has 1 aliphatic heterocycles. The highest BCUT2D eigenvalue weighted by Crippen LogP contribution is 2.11. The van der Waals surface area contributed by atoms with Crippen molar-refractivity contribution in [2.45, 2.75) is 57.2 Å². The predicted molar refractivity (Wildman–Crippen MR) is 91.2 cm³/mol. The molecule has 126 valence electrons.